The first-order valence-electron chi connectivity index (χ1n) is 9.32. The molecule has 0 unspecified atom stereocenters. The zero-order valence-corrected chi connectivity index (χ0v) is 17.7. The maximum atomic E-state index is 12.8. The molecule has 0 atom stereocenters. The zero-order valence-electron chi connectivity index (χ0n) is 16.9. The second-order valence-corrected chi connectivity index (χ2v) is 8.16. The van der Waals surface area contributed by atoms with E-state index in [1.165, 1.54) is 23.5 Å². The largest absolute Gasteiger partial charge is 0.495 e. The van der Waals surface area contributed by atoms with Crippen molar-refractivity contribution >= 4 is 32.7 Å². The normalized spacial score (nSPS) is 11.6. The van der Waals surface area contributed by atoms with Crippen molar-refractivity contribution in [1.29, 1.82) is 0 Å². The quantitative estimate of drug-likeness (QED) is 0.544. The van der Waals surface area contributed by atoms with Crippen LogP contribution in [-0.4, -0.2) is 60.6 Å². The third-order valence-electron chi connectivity index (χ3n) is 4.43. The summed E-state index contributed by atoms with van der Waals surface area (Å²) in [6, 6.07) is 11.4. The number of nitrogens with one attached hydrogen (secondary N) is 1. The molecule has 30 heavy (non-hydrogen) atoms. The number of para-hydroxylation sites is 2. The van der Waals surface area contributed by atoms with E-state index in [4.69, 9.17) is 9.57 Å². The first-order valence-corrected chi connectivity index (χ1v) is 10.8. The first-order chi connectivity index (χ1) is 14.4. The molecule has 0 bridgehead atoms. The van der Waals surface area contributed by atoms with Gasteiger partial charge in [0.15, 0.2) is 6.61 Å². The van der Waals surface area contributed by atoms with Crippen LogP contribution in [0.1, 0.15) is 13.8 Å². The number of nitrogens with zero attached hydrogens (tertiary/aromatic N) is 4. The highest BCUT2D eigenvalue weighted by Crippen LogP contribution is 2.23. The number of ether oxygens (including phenoxy) is 1. The number of hydrogen-bond donors (Lipinski definition) is 1. The van der Waals surface area contributed by atoms with Crippen molar-refractivity contribution in [2.24, 2.45) is 0 Å². The van der Waals surface area contributed by atoms with Gasteiger partial charge in [-0.15, -0.1) is 5.10 Å². The summed E-state index contributed by atoms with van der Waals surface area (Å²) in [4.78, 5) is 18.8. The molecule has 0 aliphatic rings. The summed E-state index contributed by atoms with van der Waals surface area (Å²) in [5.41, 5.74) is 1.29. The monoisotopic (exact) mass is 433 g/mol. The summed E-state index contributed by atoms with van der Waals surface area (Å²) >= 11 is 0. The van der Waals surface area contributed by atoms with Gasteiger partial charge >= 0.3 is 0 Å². The number of carbonyl (C=O) groups excluding carboxylic acids is 1. The summed E-state index contributed by atoms with van der Waals surface area (Å²) in [5, 5.41) is 10.5. The number of sulfonamides is 1. The van der Waals surface area contributed by atoms with Gasteiger partial charge in [-0.1, -0.05) is 30.8 Å². The molecule has 1 heterocycles. The molecule has 1 N–H and O–H groups in total. The van der Waals surface area contributed by atoms with Gasteiger partial charge in [0.1, 0.15) is 16.8 Å². The Kier molecular flexibility index (Phi) is 6.53. The number of rotatable bonds is 9. The number of hydrogen-bond acceptors (Lipinski definition) is 7. The average molecular weight is 433 g/mol. The van der Waals surface area contributed by atoms with Gasteiger partial charge in [0.25, 0.3) is 5.91 Å². The molecular formula is C19H23N5O5S. The molecule has 10 nitrogen and oxygen atoms in total. The van der Waals surface area contributed by atoms with Crippen LogP contribution in [0, 0.1) is 0 Å². The highest BCUT2D eigenvalue weighted by atomic mass is 32.2. The lowest BCUT2D eigenvalue weighted by Gasteiger charge is -2.18. The second-order valence-electron chi connectivity index (χ2n) is 6.22. The van der Waals surface area contributed by atoms with E-state index in [-0.39, 0.29) is 11.5 Å². The molecular weight excluding hydrogens is 410 g/mol. The minimum atomic E-state index is -3.65. The minimum absolute atomic E-state index is 0.101. The van der Waals surface area contributed by atoms with Gasteiger partial charge in [0.2, 0.25) is 10.0 Å². The molecule has 0 saturated heterocycles. The Morgan fingerprint density at radius 2 is 1.90 bits per heavy atom. The van der Waals surface area contributed by atoms with E-state index in [9.17, 15) is 13.2 Å². The van der Waals surface area contributed by atoms with Crippen molar-refractivity contribution in [2.75, 3.05) is 32.1 Å². The predicted molar refractivity (Wildman–Crippen MR) is 111 cm³/mol. The highest BCUT2D eigenvalue weighted by molar-refractivity contribution is 7.89. The minimum Gasteiger partial charge on any atom is -0.495 e. The number of methoxy groups -OCH3 is 1. The lowest BCUT2D eigenvalue weighted by atomic mass is 10.3. The number of benzene rings is 2. The fourth-order valence-corrected chi connectivity index (χ4v) is 4.38. The molecule has 1 aromatic heterocycles. The molecule has 3 rings (SSSR count). The van der Waals surface area contributed by atoms with Crippen molar-refractivity contribution in [2.45, 2.75) is 18.7 Å². The van der Waals surface area contributed by atoms with E-state index in [1.54, 1.807) is 44.2 Å². The molecule has 160 valence electrons. The van der Waals surface area contributed by atoms with Crippen LogP contribution in [-0.2, 0) is 14.8 Å². The predicted octanol–water partition coefficient (Wildman–Crippen LogP) is 1.54. The van der Waals surface area contributed by atoms with E-state index in [0.717, 1.165) is 4.85 Å². The Morgan fingerprint density at radius 3 is 2.60 bits per heavy atom. The Morgan fingerprint density at radius 1 is 1.17 bits per heavy atom. The molecule has 0 radical (unpaired) electrons. The molecule has 0 spiro atoms. The van der Waals surface area contributed by atoms with Crippen molar-refractivity contribution in [3.05, 3.63) is 42.5 Å². The Bertz CT molecular complexity index is 1140. The van der Waals surface area contributed by atoms with Crippen LogP contribution in [0.3, 0.4) is 0 Å². The molecule has 3 aromatic rings. The van der Waals surface area contributed by atoms with Crippen molar-refractivity contribution < 1.29 is 22.8 Å². The van der Waals surface area contributed by atoms with Gasteiger partial charge in [0, 0.05) is 13.1 Å². The van der Waals surface area contributed by atoms with Crippen molar-refractivity contribution in [3.63, 3.8) is 0 Å². The van der Waals surface area contributed by atoms with Gasteiger partial charge in [0.05, 0.1) is 17.7 Å². The maximum Gasteiger partial charge on any atom is 0.265 e. The van der Waals surface area contributed by atoms with Gasteiger partial charge < -0.3 is 14.9 Å². The summed E-state index contributed by atoms with van der Waals surface area (Å²) < 4.78 is 32.1. The van der Waals surface area contributed by atoms with Gasteiger partial charge in [-0.25, -0.2) is 8.42 Å². The number of aromatic nitrogens is 3. The molecule has 0 saturated carbocycles. The van der Waals surface area contributed by atoms with Crippen LogP contribution in [0.5, 0.6) is 5.75 Å². The summed E-state index contributed by atoms with van der Waals surface area (Å²) in [7, 11) is -2.14. The maximum absolute atomic E-state index is 12.8. The van der Waals surface area contributed by atoms with E-state index in [0.29, 0.717) is 35.6 Å². The van der Waals surface area contributed by atoms with Gasteiger partial charge in [-0.2, -0.15) is 4.31 Å². The topological polar surface area (TPSA) is 116 Å². The number of carbonyl (C=O) groups is 1. The molecule has 1 amide bonds. The number of anilines is 1. The third-order valence-corrected chi connectivity index (χ3v) is 6.47. The van der Waals surface area contributed by atoms with Crippen LogP contribution < -0.4 is 14.9 Å². The third kappa shape index (κ3) is 4.36. The number of amides is 1. The number of fused-ring (bicyclic) bond motifs is 1. The van der Waals surface area contributed by atoms with Crippen molar-refractivity contribution in [1.82, 2.24) is 19.5 Å². The van der Waals surface area contributed by atoms with Crippen molar-refractivity contribution in [3.8, 4) is 5.75 Å². The van der Waals surface area contributed by atoms with E-state index in [1.807, 2.05) is 0 Å². The summed E-state index contributed by atoms with van der Waals surface area (Å²) in [6.07, 6.45) is 0. The van der Waals surface area contributed by atoms with Crippen LogP contribution in [0.15, 0.2) is 47.4 Å². The summed E-state index contributed by atoms with van der Waals surface area (Å²) in [5.74, 6) is 0.0818. The fraction of sp³-hybridized carbons (Fsp3) is 0.316. The van der Waals surface area contributed by atoms with Gasteiger partial charge in [-0.05, 0) is 35.5 Å². The molecule has 0 aliphatic heterocycles. The van der Waals surface area contributed by atoms with Gasteiger partial charge in [-0.3, -0.25) is 4.79 Å². The molecule has 0 aliphatic carbocycles. The van der Waals surface area contributed by atoms with Crippen LogP contribution in [0.4, 0.5) is 5.69 Å². The van der Waals surface area contributed by atoms with Crippen LogP contribution in [0.2, 0.25) is 0 Å². The lowest BCUT2D eigenvalue weighted by molar-refractivity contribution is -0.121. The fourth-order valence-electron chi connectivity index (χ4n) is 2.90. The standard InChI is InChI=1S/C19H23N5O5S/c1-4-23(5-2)30(26,27)14-10-11-15-17(12-14)24(22-21-15)29-13-19(25)20-16-8-6-7-9-18(16)28-3/h6-12H,4-5,13H2,1-3H3,(H,20,25). The molecule has 0 fully saturated rings. The average Bonchev–Trinajstić information content (AvgIpc) is 3.15. The Hall–Kier alpha value is -3.18. The summed E-state index contributed by atoms with van der Waals surface area (Å²) in [6.45, 7) is 3.90. The molecule has 11 heteroatoms. The Balaban J connectivity index is 1.78. The SMILES string of the molecule is CCN(CC)S(=O)(=O)c1ccc2nnn(OCC(=O)Nc3ccccc3OC)c2c1. The van der Waals surface area contributed by atoms with Crippen LogP contribution in [0.25, 0.3) is 11.0 Å². The lowest BCUT2D eigenvalue weighted by Crippen LogP contribution is -2.30. The van der Waals surface area contributed by atoms with E-state index >= 15 is 0 Å². The molecule has 2 aromatic carbocycles. The van der Waals surface area contributed by atoms with Crippen LogP contribution >= 0.6 is 0 Å². The smallest absolute Gasteiger partial charge is 0.265 e. The second kappa shape index (κ2) is 9.09. The zero-order chi connectivity index (χ0) is 21.7. The van der Waals surface area contributed by atoms with E-state index < -0.39 is 15.9 Å². The first kappa shape index (κ1) is 21.5. The highest BCUT2D eigenvalue weighted by Gasteiger charge is 2.23. The Labute approximate surface area is 174 Å². The van der Waals surface area contributed by atoms with E-state index in [2.05, 4.69) is 15.6 Å².